The van der Waals surface area contributed by atoms with Crippen LogP contribution in [0.2, 0.25) is 0 Å². The summed E-state index contributed by atoms with van der Waals surface area (Å²) in [5, 5.41) is 1.03. The molecule has 6 heteroatoms. The van der Waals surface area contributed by atoms with E-state index in [1.54, 1.807) is 6.20 Å². The predicted octanol–water partition coefficient (Wildman–Crippen LogP) is 2.91. The summed E-state index contributed by atoms with van der Waals surface area (Å²) >= 11 is 0. The first-order valence-electron chi connectivity index (χ1n) is 9.17. The van der Waals surface area contributed by atoms with E-state index in [4.69, 9.17) is 15.5 Å². The fraction of sp³-hybridized carbons (Fsp3) is 0.286. The number of rotatable bonds is 5. The lowest BCUT2D eigenvalue weighted by molar-refractivity contribution is -0.122. The van der Waals surface area contributed by atoms with Gasteiger partial charge in [-0.25, -0.2) is 4.98 Å². The highest BCUT2D eigenvalue weighted by Crippen LogP contribution is 2.29. The summed E-state index contributed by atoms with van der Waals surface area (Å²) in [5.41, 5.74) is 7.14. The summed E-state index contributed by atoms with van der Waals surface area (Å²) in [7, 11) is 0. The number of anilines is 1. The van der Waals surface area contributed by atoms with E-state index in [0.717, 1.165) is 54.1 Å². The molecule has 1 saturated heterocycles. The molecule has 3 aromatic rings. The zero-order valence-electron chi connectivity index (χ0n) is 15.0. The zero-order valence-corrected chi connectivity index (χ0v) is 15.0. The Morgan fingerprint density at radius 2 is 1.96 bits per heavy atom. The molecule has 1 aliphatic rings. The van der Waals surface area contributed by atoms with Crippen LogP contribution in [0.4, 0.5) is 5.82 Å². The van der Waals surface area contributed by atoms with Crippen LogP contribution < -0.4 is 15.4 Å². The fourth-order valence-corrected chi connectivity index (χ4v) is 3.43. The van der Waals surface area contributed by atoms with Gasteiger partial charge in [-0.3, -0.25) is 9.78 Å². The van der Waals surface area contributed by atoms with E-state index in [2.05, 4.69) is 16.0 Å². The maximum Gasteiger partial charge on any atom is 0.220 e. The van der Waals surface area contributed by atoms with E-state index < -0.39 is 0 Å². The number of para-hydroxylation sites is 1. The van der Waals surface area contributed by atoms with Gasteiger partial charge in [0.25, 0.3) is 0 Å². The summed E-state index contributed by atoms with van der Waals surface area (Å²) in [6.07, 6.45) is 3.30. The van der Waals surface area contributed by atoms with Crippen molar-refractivity contribution >= 4 is 22.6 Å². The number of fused-ring (bicyclic) bond motifs is 1. The summed E-state index contributed by atoms with van der Waals surface area (Å²) in [5.74, 6) is 1.41. The maximum absolute atomic E-state index is 11.4. The van der Waals surface area contributed by atoms with Crippen molar-refractivity contribution in [1.82, 2.24) is 9.97 Å². The Morgan fingerprint density at radius 3 is 2.70 bits per heavy atom. The van der Waals surface area contributed by atoms with Crippen molar-refractivity contribution in [2.75, 3.05) is 18.0 Å². The largest absolute Gasteiger partial charge is 0.485 e. The third-order valence-electron chi connectivity index (χ3n) is 4.99. The summed E-state index contributed by atoms with van der Waals surface area (Å²) < 4.78 is 5.99. The number of pyridine rings is 2. The number of primary amides is 1. The zero-order chi connectivity index (χ0) is 18.6. The highest BCUT2D eigenvalue weighted by atomic mass is 16.5. The Hall–Kier alpha value is -3.15. The second kappa shape index (κ2) is 7.61. The van der Waals surface area contributed by atoms with Crippen molar-refractivity contribution in [2.24, 2.45) is 11.7 Å². The van der Waals surface area contributed by atoms with Crippen LogP contribution in [0.25, 0.3) is 10.9 Å². The second-order valence-electron chi connectivity index (χ2n) is 6.77. The molecule has 0 bridgehead atoms. The molecule has 0 aliphatic carbocycles. The molecule has 1 amide bonds. The molecule has 1 fully saturated rings. The van der Waals surface area contributed by atoms with E-state index in [1.807, 2.05) is 42.5 Å². The van der Waals surface area contributed by atoms with Crippen LogP contribution in [0, 0.1) is 5.92 Å². The summed E-state index contributed by atoms with van der Waals surface area (Å²) in [4.78, 5) is 22.7. The number of aromatic nitrogens is 2. The van der Waals surface area contributed by atoms with Gasteiger partial charge >= 0.3 is 0 Å². The number of hydrogen-bond donors (Lipinski definition) is 1. The van der Waals surface area contributed by atoms with E-state index in [9.17, 15) is 4.79 Å². The van der Waals surface area contributed by atoms with Crippen LogP contribution >= 0.6 is 0 Å². The molecule has 138 valence electrons. The van der Waals surface area contributed by atoms with E-state index >= 15 is 0 Å². The van der Waals surface area contributed by atoms with Gasteiger partial charge in [-0.15, -0.1) is 0 Å². The van der Waals surface area contributed by atoms with Crippen LogP contribution in [0.15, 0.2) is 54.7 Å². The number of ether oxygens (including phenoxy) is 1. The van der Waals surface area contributed by atoms with Crippen LogP contribution in [-0.2, 0) is 11.4 Å². The third kappa shape index (κ3) is 3.84. The molecule has 2 N–H and O–H groups in total. The predicted molar refractivity (Wildman–Crippen MR) is 104 cm³/mol. The third-order valence-corrected chi connectivity index (χ3v) is 4.99. The Bertz CT molecular complexity index is 937. The first-order chi connectivity index (χ1) is 13.2. The maximum atomic E-state index is 11.4. The van der Waals surface area contributed by atoms with Crippen molar-refractivity contribution in [3.63, 3.8) is 0 Å². The normalized spacial score (nSPS) is 15.0. The lowest BCUT2D eigenvalue weighted by Crippen LogP contribution is -2.38. The van der Waals surface area contributed by atoms with Crippen molar-refractivity contribution < 1.29 is 9.53 Å². The standard InChI is InChI=1S/C21H22N4O2/c22-21(26)16-9-12-25(13-10-16)19-8-7-15-4-3-6-18(20(15)24-19)27-14-17-5-1-2-11-23-17/h1-8,11,16H,9-10,12-14H2,(H2,22,26). The van der Waals surface area contributed by atoms with Crippen molar-refractivity contribution in [2.45, 2.75) is 19.4 Å². The minimum atomic E-state index is -0.202. The molecule has 3 heterocycles. The van der Waals surface area contributed by atoms with Gasteiger partial charge in [-0.05, 0) is 43.2 Å². The molecule has 4 rings (SSSR count). The fourth-order valence-electron chi connectivity index (χ4n) is 3.43. The van der Waals surface area contributed by atoms with Crippen LogP contribution in [-0.4, -0.2) is 29.0 Å². The van der Waals surface area contributed by atoms with Gasteiger partial charge < -0.3 is 15.4 Å². The number of hydrogen-bond acceptors (Lipinski definition) is 5. The van der Waals surface area contributed by atoms with Gasteiger partial charge in [0.2, 0.25) is 5.91 Å². The summed E-state index contributed by atoms with van der Waals surface area (Å²) in [6, 6.07) is 15.8. The van der Waals surface area contributed by atoms with E-state index in [1.165, 1.54) is 0 Å². The molecule has 1 aromatic carbocycles. The van der Waals surface area contributed by atoms with E-state index in [-0.39, 0.29) is 11.8 Å². The first kappa shape index (κ1) is 17.3. The molecule has 6 nitrogen and oxygen atoms in total. The lowest BCUT2D eigenvalue weighted by atomic mass is 9.96. The molecule has 0 atom stereocenters. The topological polar surface area (TPSA) is 81.3 Å². The minimum Gasteiger partial charge on any atom is -0.485 e. The monoisotopic (exact) mass is 362 g/mol. The molecule has 0 spiro atoms. The smallest absolute Gasteiger partial charge is 0.220 e. The van der Waals surface area contributed by atoms with Gasteiger partial charge in [0.15, 0.2) is 0 Å². The molecule has 2 aromatic heterocycles. The van der Waals surface area contributed by atoms with Gasteiger partial charge in [-0.1, -0.05) is 18.2 Å². The Morgan fingerprint density at radius 1 is 1.11 bits per heavy atom. The molecule has 1 aliphatic heterocycles. The Balaban J connectivity index is 1.55. The van der Waals surface area contributed by atoms with Gasteiger partial charge in [0, 0.05) is 30.6 Å². The molecule has 0 saturated carbocycles. The van der Waals surface area contributed by atoms with Crippen molar-refractivity contribution in [3.8, 4) is 5.75 Å². The summed E-state index contributed by atoms with van der Waals surface area (Å²) in [6.45, 7) is 1.96. The number of nitrogens with zero attached hydrogens (tertiary/aromatic N) is 3. The SMILES string of the molecule is NC(=O)C1CCN(c2ccc3cccc(OCc4ccccn4)c3n2)CC1. The van der Waals surface area contributed by atoms with Gasteiger partial charge in [0.05, 0.1) is 5.69 Å². The lowest BCUT2D eigenvalue weighted by Gasteiger charge is -2.31. The number of carbonyl (C=O) groups excluding carboxylic acids is 1. The van der Waals surface area contributed by atoms with Crippen molar-refractivity contribution in [1.29, 1.82) is 0 Å². The minimum absolute atomic E-state index is 0.0287. The first-order valence-corrected chi connectivity index (χ1v) is 9.17. The quantitative estimate of drug-likeness (QED) is 0.755. The molecule has 0 unspecified atom stereocenters. The Kier molecular flexibility index (Phi) is 4.87. The number of nitrogens with two attached hydrogens (primary N) is 1. The number of carbonyl (C=O) groups is 1. The van der Waals surface area contributed by atoms with Crippen molar-refractivity contribution in [3.05, 3.63) is 60.4 Å². The number of benzene rings is 1. The molecule has 27 heavy (non-hydrogen) atoms. The average molecular weight is 362 g/mol. The highest BCUT2D eigenvalue weighted by Gasteiger charge is 2.24. The van der Waals surface area contributed by atoms with E-state index in [0.29, 0.717) is 6.61 Å². The average Bonchev–Trinajstić information content (AvgIpc) is 2.72. The van der Waals surface area contributed by atoms with Crippen LogP contribution in [0.3, 0.4) is 0 Å². The highest BCUT2D eigenvalue weighted by molar-refractivity contribution is 5.86. The second-order valence-corrected chi connectivity index (χ2v) is 6.77. The number of amides is 1. The number of piperidine rings is 1. The van der Waals surface area contributed by atoms with Gasteiger partial charge in [-0.2, -0.15) is 0 Å². The van der Waals surface area contributed by atoms with Gasteiger partial charge in [0.1, 0.15) is 23.7 Å². The van der Waals surface area contributed by atoms with Crippen LogP contribution in [0.1, 0.15) is 18.5 Å². The molecular weight excluding hydrogens is 340 g/mol. The van der Waals surface area contributed by atoms with Crippen LogP contribution in [0.5, 0.6) is 5.75 Å². The molecule has 0 radical (unpaired) electrons. The Labute approximate surface area is 158 Å². The molecular formula is C21H22N4O2.